The van der Waals surface area contributed by atoms with Gasteiger partial charge in [-0.05, 0) is 18.2 Å². The fourth-order valence-corrected chi connectivity index (χ4v) is 2.24. The van der Waals surface area contributed by atoms with Crippen LogP contribution in [-0.2, 0) is 0 Å². The van der Waals surface area contributed by atoms with Crippen molar-refractivity contribution in [2.24, 2.45) is 0 Å². The van der Waals surface area contributed by atoms with E-state index in [4.69, 9.17) is 0 Å². The van der Waals surface area contributed by atoms with Gasteiger partial charge in [-0.2, -0.15) is 0 Å². The lowest BCUT2D eigenvalue weighted by Crippen LogP contribution is -2.13. The SMILES string of the molecule is O=C(Nc1cc(-n2ccnc2)ncn1)c1ccc2nccnc2c1. The molecule has 4 aromatic rings. The summed E-state index contributed by atoms with van der Waals surface area (Å²) in [5.74, 6) is 0.734. The molecule has 0 aliphatic rings. The Morgan fingerprint density at radius 1 is 0.958 bits per heavy atom. The van der Waals surface area contributed by atoms with Crippen LogP contribution in [0.1, 0.15) is 10.4 Å². The highest BCUT2D eigenvalue weighted by molar-refractivity contribution is 6.05. The lowest BCUT2D eigenvalue weighted by molar-refractivity contribution is 0.102. The molecule has 0 fully saturated rings. The second-order valence-electron chi connectivity index (χ2n) is 4.95. The monoisotopic (exact) mass is 317 g/mol. The highest BCUT2D eigenvalue weighted by Gasteiger charge is 2.09. The van der Waals surface area contributed by atoms with E-state index in [0.29, 0.717) is 22.7 Å². The molecule has 0 spiro atoms. The van der Waals surface area contributed by atoms with Crippen molar-refractivity contribution in [3.63, 3.8) is 0 Å². The number of rotatable bonds is 3. The van der Waals surface area contributed by atoms with Gasteiger partial charge < -0.3 is 5.32 Å². The van der Waals surface area contributed by atoms with Crippen molar-refractivity contribution in [3.8, 4) is 5.82 Å². The van der Waals surface area contributed by atoms with Crippen molar-refractivity contribution >= 4 is 22.8 Å². The fourth-order valence-electron chi connectivity index (χ4n) is 2.24. The van der Waals surface area contributed by atoms with Crippen LogP contribution in [0, 0.1) is 0 Å². The minimum atomic E-state index is -0.280. The van der Waals surface area contributed by atoms with Crippen molar-refractivity contribution in [2.75, 3.05) is 5.32 Å². The van der Waals surface area contributed by atoms with Gasteiger partial charge in [-0.15, -0.1) is 0 Å². The van der Waals surface area contributed by atoms with E-state index in [1.807, 2.05) is 0 Å². The molecule has 0 radical (unpaired) electrons. The molecule has 24 heavy (non-hydrogen) atoms. The Bertz CT molecular complexity index is 1010. The predicted molar refractivity (Wildman–Crippen MR) is 86.6 cm³/mol. The number of hydrogen-bond donors (Lipinski definition) is 1. The molecule has 0 unspecified atom stereocenters. The van der Waals surface area contributed by atoms with Crippen LogP contribution in [0.3, 0.4) is 0 Å². The summed E-state index contributed by atoms with van der Waals surface area (Å²) in [6, 6.07) is 6.81. The number of benzene rings is 1. The lowest BCUT2D eigenvalue weighted by Gasteiger charge is -2.07. The summed E-state index contributed by atoms with van der Waals surface area (Å²) < 4.78 is 1.73. The van der Waals surface area contributed by atoms with Gasteiger partial charge in [0.05, 0.1) is 11.0 Å². The molecule has 0 bridgehead atoms. The molecule has 0 atom stereocenters. The smallest absolute Gasteiger partial charge is 0.256 e. The van der Waals surface area contributed by atoms with Crippen LogP contribution >= 0.6 is 0 Å². The van der Waals surface area contributed by atoms with Crippen LogP contribution in [0.25, 0.3) is 16.9 Å². The molecule has 0 aliphatic carbocycles. The molecular weight excluding hydrogens is 306 g/mol. The number of anilines is 1. The Balaban J connectivity index is 1.60. The standard InChI is InChI=1S/C16H11N7O/c24-16(11-1-2-12-13(7-11)19-4-3-18-12)22-14-8-15(21-9-20-14)23-6-5-17-10-23/h1-10H,(H,20,21,22,24). The third-order valence-corrected chi connectivity index (χ3v) is 3.39. The quantitative estimate of drug-likeness (QED) is 0.619. The van der Waals surface area contributed by atoms with Crippen molar-refractivity contribution < 1.29 is 4.79 Å². The molecule has 0 saturated carbocycles. The minimum Gasteiger partial charge on any atom is -0.306 e. The topological polar surface area (TPSA) is 98.5 Å². The number of amides is 1. The first-order chi connectivity index (χ1) is 11.8. The third kappa shape index (κ3) is 2.68. The summed E-state index contributed by atoms with van der Waals surface area (Å²) in [5, 5.41) is 2.75. The van der Waals surface area contributed by atoms with Gasteiger partial charge in [-0.1, -0.05) is 0 Å². The lowest BCUT2D eigenvalue weighted by atomic mass is 10.2. The fraction of sp³-hybridized carbons (Fsp3) is 0. The van der Waals surface area contributed by atoms with Gasteiger partial charge >= 0.3 is 0 Å². The molecule has 3 aromatic heterocycles. The Morgan fingerprint density at radius 2 is 1.83 bits per heavy atom. The van der Waals surface area contributed by atoms with Gasteiger partial charge in [0.1, 0.15) is 24.3 Å². The van der Waals surface area contributed by atoms with E-state index in [1.165, 1.54) is 6.33 Å². The molecular formula is C16H11N7O. The molecule has 1 amide bonds. The number of aromatic nitrogens is 6. The highest BCUT2D eigenvalue weighted by atomic mass is 16.1. The Labute approximate surface area is 136 Å². The second-order valence-corrected chi connectivity index (χ2v) is 4.95. The summed E-state index contributed by atoms with van der Waals surface area (Å²) in [4.78, 5) is 33.0. The molecule has 4 rings (SSSR count). The number of fused-ring (bicyclic) bond motifs is 1. The van der Waals surface area contributed by atoms with Crippen molar-refractivity contribution in [1.29, 1.82) is 0 Å². The summed E-state index contributed by atoms with van der Waals surface area (Å²) >= 11 is 0. The van der Waals surface area contributed by atoms with E-state index in [0.717, 1.165) is 5.52 Å². The molecule has 116 valence electrons. The Kier molecular flexibility index (Phi) is 3.39. The molecule has 1 aromatic carbocycles. The zero-order valence-corrected chi connectivity index (χ0v) is 12.4. The van der Waals surface area contributed by atoms with Crippen LogP contribution in [0.15, 0.2) is 61.7 Å². The zero-order chi connectivity index (χ0) is 16.4. The Morgan fingerprint density at radius 3 is 2.67 bits per heavy atom. The summed E-state index contributed by atoms with van der Waals surface area (Å²) in [6.45, 7) is 0. The molecule has 0 saturated heterocycles. The maximum Gasteiger partial charge on any atom is 0.256 e. The van der Waals surface area contributed by atoms with Crippen molar-refractivity contribution in [3.05, 3.63) is 67.3 Å². The minimum absolute atomic E-state index is 0.280. The first-order valence-corrected chi connectivity index (χ1v) is 7.12. The van der Waals surface area contributed by atoms with Crippen LogP contribution < -0.4 is 5.32 Å². The number of carbonyl (C=O) groups excluding carboxylic acids is 1. The van der Waals surface area contributed by atoms with Crippen LogP contribution in [0.2, 0.25) is 0 Å². The maximum absolute atomic E-state index is 12.4. The number of nitrogens with zero attached hydrogens (tertiary/aromatic N) is 6. The zero-order valence-electron chi connectivity index (χ0n) is 12.4. The van der Waals surface area contributed by atoms with E-state index in [1.54, 1.807) is 59.9 Å². The molecule has 1 N–H and O–H groups in total. The number of carbonyl (C=O) groups is 1. The number of nitrogens with one attached hydrogen (secondary N) is 1. The van der Waals surface area contributed by atoms with Crippen LogP contribution in [-0.4, -0.2) is 35.4 Å². The van der Waals surface area contributed by atoms with Gasteiger partial charge in [0, 0.05) is 36.4 Å². The largest absolute Gasteiger partial charge is 0.306 e. The van der Waals surface area contributed by atoms with Crippen LogP contribution in [0.5, 0.6) is 0 Å². The van der Waals surface area contributed by atoms with E-state index in [9.17, 15) is 4.79 Å². The van der Waals surface area contributed by atoms with Gasteiger partial charge in [0.25, 0.3) is 5.91 Å². The summed E-state index contributed by atoms with van der Waals surface area (Å²) in [7, 11) is 0. The van der Waals surface area contributed by atoms with Crippen molar-refractivity contribution in [2.45, 2.75) is 0 Å². The third-order valence-electron chi connectivity index (χ3n) is 3.39. The predicted octanol–water partition coefficient (Wildman–Crippen LogP) is 1.86. The molecule has 3 heterocycles. The highest BCUT2D eigenvalue weighted by Crippen LogP contribution is 2.14. The second kappa shape index (κ2) is 5.84. The average molecular weight is 317 g/mol. The molecule has 0 aliphatic heterocycles. The van der Waals surface area contributed by atoms with Gasteiger partial charge in [0.15, 0.2) is 0 Å². The maximum atomic E-state index is 12.4. The summed E-state index contributed by atoms with van der Waals surface area (Å²) in [5.41, 5.74) is 1.87. The van der Waals surface area contributed by atoms with E-state index >= 15 is 0 Å². The van der Waals surface area contributed by atoms with Gasteiger partial charge in [0.2, 0.25) is 0 Å². The number of imidazole rings is 1. The first-order valence-electron chi connectivity index (χ1n) is 7.12. The van der Waals surface area contributed by atoms with E-state index < -0.39 is 0 Å². The van der Waals surface area contributed by atoms with Gasteiger partial charge in [-0.25, -0.2) is 15.0 Å². The van der Waals surface area contributed by atoms with Gasteiger partial charge in [-0.3, -0.25) is 19.3 Å². The average Bonchev–Trinajstić information content (AvgIpc) is 3.16. The van der Waals surface area contributed by atoms with Crippen molar-refractivity contribution in [1.82, 2.24) is 29.5 Å². The van der Waals surface area contributed by atoms with E-state index in [-0.39, 0.29) is 5.91 Å². The normalized spacial score (nSPS) is 10.7. The first kappa shape index (κ1) is 13.9. The molecule has 8 heteroatoms. The van der Waals surface area contributed by atoms with E-state index in [2.05, 4.69) is 30.2 Å². The Hall–Kier alpha value is -3.68. The number of hydrogen-bond acceptors (Lipinski definition) is 6. The molecule has 8 nitrogen and oxygen atoms in total. The summed E-state index contributed by atoms with van der Waals surface area (Å²) in [6.07, 6.45) is 9.62. The van der Waals surface area contributed by atoms with Crippen LogP contribution in [0.4, 0.5) is 5.82 Å².